The summed E-state index contributed by atoms with van der Waals surface area (Å²) in [5.74, 6) is 1.03. The molecule has 0 amide bonds. The number of pyridine rings is 1. The second kappa shape index (κ2) is 10.4. The highest BCUT2D eigenvalue weighted by Crippen LogP contribution is 2.44. The number of hydrazine groups is 1. The van der Waals surface area contributed by atoms with Crippen molar-refractivity contribution in [2.24, 2.45) is 16.3 Å². The molecule has 6 heteroatoms. The average molecular weight is 429 g/mol. The van der Waals surface area contributed by atoms with E-state index in [1.165, 1.54) is 23.4 Å². The van der Waals surface area contributed by atoms with E-state index in [-0.39, 0.29) is 6.04 Å². The minimum Gasteiger partial charge on any atom is -0.336 e. The molecule has 2 heterocycles. The molecule has 2 aliphatic carbocycles. The minimum absolute atomic E-state index is 0.161. The van der Waals surface area contributed by atoms with Crippen LogP contribution < -0.4 is 11.0 Å². The summed E-state index contributed by atoms with van der Waals surface area (Å²) < 4.78 is 2.48. The zero-order valence-corrected chi connectivity index (χ0v) is 19.1. The number of allylic oxidation sites excluding steroid dienone is 6. The molecule has 2 aliphatic rings. The number of rotatable bonds is 8. The number of hydrogen-bond acceptors (Lipinski definition) is 4. The Bertz CT molecular complexity index is 1060. The van der Waals surface area contributed by atoms with Gasteiger partial charge in [-0.25, -0.2) is 11.0 Å². The largest absolute Gasteiger partial charge is 0.336 e. The Labute approximate surface area is 190 Å². The summed E-state index contributed by atoms with van der Waals surface area (Å²) in [5.41, 5.74) is 11.6. The zero-order valence-electron chi connectivity index (χ0n) is 19.1. The molecule has 2 aromatic heterocycles. The van der Waals surface area contributed by atoms with Gasteiger partial charge in [-0.15, -0.1) is 0 Å². The first-order chi connectivity index (χ1) is 15.7. The van der Waals surface area contributed by atoms with Crippen molar-refractivity contribution in [3.05, 3.63) is 89.8 Å². The first-order valence-electron chi connectivity index (χ1n) is 11.3. The van der Waals surface area contributed by atoms with Crippen LogP contribution in [0, 0.1) is 5.92 Å². The maximum atomic E-state index is 4.69. The van der Waals surface area contributed by atoms with Crippen LogP contribution in [0.3, 0.4) is 0 Å². The molecule has 0 fully saturated rings. The fraction of sp³-hybridized carbons (Fsp3) is 0.346. The Morgan fingerprint density at radius 2 is 2.19 bits per heavy atom. The van der Waals surface area contributed by atoms with E-state index in [9.17, 15) is 0 Å². The van der Waals surface area contributed by atoms with Crippen LogP contribution in [0.4, 0.5) is 0 Å². The lowest BCUT2D eigenvalue weighted by atomic mass is 9.75. The van der Waals surface area contributed by atoms with Gasteiger partial charge >= 0.3 is 0 Å². The van der Waals surface area contributed by atoms with Gasteiger partial charge in [-0.1, -0.05) is 53.8 Å². The second-order valence-electron chi connectivity index (χ2n) is 8.26. The summed E-state index contributed by atoms with van der Waals surface area (Å²) in [6.07, 6.45) is 19.7. The minimum atomic E-state index is 0.161. The SMILES string of the molecule is C/C=C\C(=C/C(C)n1c(-c2ccccn2)cc2c1CCC1C=CC=CC21)CN=NNNC. The van der Waals surface area contributed by atoms with Crippen LogP contribution in [0.1, 0.15) is 43.5 Å². The molecule has 4 rings (SSSR count). The summed E-state index contributed by atoms with van der Waals surface area (Å²) in [4.78, 5) is 4.69. The molecule has 0 radical (unpaired) electrons. The van der Waals surface area contributed by atoms with Crippen molar-refractivity contribution >= 4 is 0 Å². The summed E-state index contributed by atoms with van der Waals surface area (Å²) in [6, 6.07) is 8.67. The predicted molar refractivity (Wildman–Crippen MR) is 130 cm³/mol. The molecule has 0 bridgehead atoms. The highest BCUT2D eigenvalue weighted by atomic mass is 15.6. The molecule has 6 nitrogen and oxygen atoms in total. The van der Waals surface area contributed by atoms with E-state index < -0.39 is 0 Å². The molecule has 0 aliphatic heterocycles. The lowest BCUT2D eigenvalue weighted by molar-refractivity contribution is 0.476. The van der Waals surface area contributed by atoms with Crippen molar-refractivity contribution in [2.75, 3.05) is 13.6 Å². The van der Waals surface area contributed by atoms with Gasteiger partial charge in [0.25, 0.3) is 0 Å². The van der Waals surface area contributed by atoms with E-state index in [0.717, 1.165) is 17.7 Å². The quantitative estimate of drug-likeness (QED) is 0.332. The van der Waals surface area contributed by atoms with Gasteiger partial charge in [0.15, 0.2) is 0 Å². The fourth-order valence-corrected chi connectivity index (χ4v) is 4.84. The van der Waals surface area contributed by atoms with Crippen LogP contribution in [0.5, 0.6) is 0 Å². The molecule has 2 N–H and O–H groups in total. The van der Waals surface area contributed by atoms with Crippen molar-refractivity contribution in [3.8, 4) is 11.4 Å². The fourth-order valence-electron chi connectivity index (χ4n) is 4.84. The molecular weight excluding hydrogens is 396 g/mol. The molecule has 166 valence electrons. The summed E-state index contributed by atoms with van der Waals surface area (Å²) in [6.45, 7) is 4.80. The van der Waals surface area contributed by atoms with Crippen molar-refractivity contribution in [1.82, 2.24) is 20.5 Å². The van der Waals surface area contributed by atoms with Crippen LogP contribution in [-0.4, -0.2) is 23.1 Å². The Balaban J connectivity index is 1.76. The molecule has 2 aromatic rings. The van der Waals surface area contributed by atoms with E-state index >= 15 is 0 Å². The third kappa shape index (κ3) is 4.65. The van der Waals surface area contributed by atoms with E-state index in [1.54, 1.807) is 7.05 Å². The van der Waals surface area contributed by atoms with Crippen molar-refractivity contribution in [1.29, 1.82) is 0 Å². The number of hydrogen-bond donors (Lipinski definition) is 2. The monoisotopic (exact) mass is 428 g/mol. The number of aromatic nitrogens is 2. The normalized spacial score (nSPS) is 21.2. The predicted octanol–water partition coefficient (Wildman–Crippen LogP) is 5.48. The van der Waals surface area contributed by atoms with Crippen molar-refractivity contribution < 1.29 is 0 Å². The molecule has 32 heavy (non-hydrogen) atoms. The van der Waals surface area contributed by atoms with Crippen LogP contribution >= 0.6 is 0 Å². The van der Waals surface area contributed by atoms with Crippen LogP contribution in [0.15, 0.2) is 88.9 Å². The molecule has 0 spiro atoms. The van der Waals surface area contributed by atoms with E-state index in [4.69, 9.17) is 0 Å². The average Bonchev–Trinajstić information content (AvgIpc) is 3.23. The maximum Gasteiger partial charge on any atom is 0.0868 e. The van der Waals surface area contributed by atoms with Gasteiger partial charge in [0, 0.05) is 30.9 Å². The van der Waals surface area contributed by atoms with E-state index in [2.05, 4.69) is 92.4 Å². The lowest BCUT2D eigenvalue weighted by Gasteiger charge is -2.31. The van der Waals surface area contributed by atoms with E-state index in [0.29, 0.717) is 18.4 Å². The third-order valence-corrected chi connectivity index (χ3v) is 6.15. The molecule has 0 aromatic carbocycles. The van der Waals surface area contributed by atoms with Gasteiger partial charge < -0.3 is 4.57 Å². The topological polar surface area (TPSA) is 66.6 Å². The molecule has 0 saturated heterocycles. The Hall–Kier alpha value is -3.25. The van der Waals surface area contributed by atoms with Crippen molar-refractivity contribution in [2.45, 2.75) is 38.6 Å². The van der Waals surface area contributed by atoms with Gasteiger partial charge in [-0.3, -0.25) is 4.98 Å². The number of nitrogens with zero attached hydrogens (tertiary/aromatic N) is 4. The summed E-state index contributed by atoms with van der Waals surface area (Å²) in [5, 5.41) is 8.15. The van der Waals surface area contributed by atoms with E-state index in [1.807, 2.05) is 25.3 Å². The number of fused-ring (bicyclic) bond motifs is 3. The maximum absolute atomic E-state index is 4.69. The first-order valence-corrected chi connectivity index (χ1v) is 11.3. The van der Waals surface area contributed by atoms with Crippen LogP contribution in [-0.2, 0) is 6.42 Å². The Kier molecular flexibility index (Phi) is 7.12. The standard InChI is InChI=1S/C26H32N6/c1-4-9-20(18-29-31-30-27-3)16-19(2)32-25-14-13-21-10-5-6-11-22(21)23(25)17-26(32)24-12-7-8-15-28-24/h4-12,15-17,19,21-22H,13-14,18H2,1-3H3,(H,27,31)(H,29,30)/b9-4-,20-16+. The Morgan fingerprint density at radius 1 is 1.31 bits per heavy atom. The molecule has 3 atom stereocenters. The zero-order chi connectivity index (χ0) is 22.3. The van der Waals surface area contributed by atoms with Gasteiger partial charge in [-0.05, 0) is 61.9 Å². The van der Waals surface area contributed by atoms with Gasteiger partial charge in [-0.2, -0.15) is 5.11 Å². The van der Waals surface area contributed by atoms with Crippen LogP contribution in [0.25, 0.3) is 11.4 Å². The summed E-state index contributed by atoms with van der Waals surface area (Å²) >= 11 is 0. The first kappa shape index (κ1) is 22.0. The highest BCUT2D eigenvalue weighted by molar-refractivity contribution is 5.61. The molecule has 3 unspecified atom stereocenters. The smallest absolute Gasteiger partial charge is 0.0868 e. The number of nitrogens with one attached hydrogen (secondary N) is 2. The summed E-state index contributed by atoms with van der Waals surface area (Å²) in [7, 11) is 1.76. The lowest BCUT2D eigenvalue weighted by Crippen LogP contribution is -2.21. The third-order valence-electron chi connectivity index (χ3n) is 6.15. The van der Waals surface area contributed by atoms with Gasteiger partial charge in [0.1, 0.15) is 0 Å². The second-order valence-corrected chi connectivity index (χ2v) is 8.26. The van der Waals surface area contributed by atoms with Gasteiger partial charge in [0.05, 0.1) is 17.9 Å². The highest BCUT2D eigenvalue weighted by Gasteiger charge is 2.32. The van der Waals surface area contributed by atoms with Crippen LogP contribution in [0.2, 0.25) is 0 Å². The molecule has 0 saturated carbocycles. The Morgan fingerprint density at radius 3 is 2.97 bits per heavy atom. The van der Waals surface area contributed by atoms with Crippen molar-refractivity contribution in [3.63, 3.8) is 0 Å². The molecular formula is C26H32N6. The van der Waals surface area contributed by atoms with Gasteiger partial charge in [0.2, 0.25) is 0 Å².